The average Bonchev–Trinajstić information content (AvgIpc) is 2.97. The Morgan fingerprint density at radius 2 is 1.58 bits per heavy atom. The average molecular weight is 635 g/mol. The molecule has 5 fully saturated rings. The number of ether oxygens (including phenoxy) is 2. The smallest absolute Gasteiger partial charge is 0.315 e. The van der Waals surface area contributed by atoms with Crippen molar-refractivity contribution in [2.24, 2.45) is 50.7 Å². The van der Waals surface area contributed by atoms with Gasteiger partial charge in [-0.05, 0) is 104 Å². The minimum atomic E-state index is -1.68. The second-order valence-electron chi connectivity index (χ2n) is 17.5. The van der Waals surface area contributed by atoms with E-state index in [1.165, 1.54) is 0 Å². The number of aliphatic hydroxyl groups is 6. The minimum absolute atomic E-state index is 0.0571. The van der Waals surface area contributed by atoms with Crippen LogP contribution in [0.1, 0.15) is 106 Å². The maximum atomic E-state index is 14.4. The summed E-state index contributed by atoms with van der Waals surface area (Å²) in [5.41, 5.74) is -1.51. The molecule has 5 aliphatic carbocycles. The van der Waals surface area contributed by atoms with Gasteiger partial charge in [-0.15, -0.1) is 0 Å². The molecule has 0 spiro atoms. The standard InChI is InChI=1S/C36H58O9/c1-19-10-15-36(30(42)45-29-27(41)26(40)25(39)21(18-37)44-29)17-16-33(5)20(28(36)35(19,7)43)8-9-23-32(4)13-12-24(38)31(2,3)22(32)11-14-34(23,33)6/h8,19,21-29,37-41,43H,9-18H2,1-7H3/t19-,21-,22-,23+,24+,25-,26+,27-,28+,29+,32+,33-,34-,35-,36+/m1/s1. The molecule has 6 aliphatic rings. The number of hydrogen-bond acceptors (Lipinski definition) is 9. The van der Waals surface area contributed by atoms with Crippen molar-refractivity contribution in [2.75, 3.05) is 6.61 Å². The van der Waals surface area contributed by atoms with E-state index in [1.807, 2.05) is 13.8 Å². The van der Waals surface area contributed by atoms with Crippen molar-refractivity contribution in [1.82, 2.24) is 0 Å². The maximum absolute atomic E-state index is 14.4. The summed E-state index contributed by atoms with van der Waals surface area (Å²) in [6, 6.07) is 0. The molecule has 1 heterocycles. The maximum Gasteiger partial charge on any atom is 0.315 e. The lowest BCUT2D eigenvalue weighted by Crippen LogP contribution is -2.68. The summed E-state index contributed by atoms with van der Waals surface area (Å²) < 4.78 is 11.5. The summed E-state index contributed by atoms with van der Waals surface area (Å²) in [5, 5.41) is 64.4. The molecule has 6 N–H and O–H groups in total. The second-order valence-corrected chi connectivity index (χ2v) is 17.5. The van der Waals surface area contributed by atoms with Crippen molar-refractivity contribution in [1.29, 1.82) is 0 Å². The van der Waals surface area contributed by atoms with Gasteiger partial charge in [-0.3, -0.25) is 4.79 Å². The largest absolute Gasteiger partial charge is 0.432 e. The van der Waals surface area contributed by atoms with E-state index in [0.29, 0.717) is 31.1 Å². The first-order valence-corrected chi connectivity index (χ1v) is 17.5. The fourth-order valence-corrected chi connectivity index (χ4v) is 12.2. The van der Waals surface area contributed by atoms with Crippen LogP contribution in [0.2, 0.25) is 0 Å². The van der Waals surface area contributed by atoms with Crippen LogP contribution in [-0.4, -0.2) is 85.6 Å². The Morgan fingerprint density at radius 3 is 2.24 bits per heavy atom. The van der Waals surface area contributed by atoms with Gasteiger partial charge in [-0.25, -0.2) is 0 Å². The Labute approximate surface area is 268 Å². The summed E-state index contributed by atoms with van der Waals surface area (Å²) in [7, 11) is 0. The number of carbonyl (C=O) groups is 1. The van der Waals surface area contributed by atoms with Crippen molar-refractivity contribution in [3.05, 3.63) is 11.6 Å². The van der Waals surface area contributed by atoms with E-state index in [0.717, 1.165) is 44.1 Å². The van der Waals surface area contributed by atoms with Gasteiger partial charge < -0.3 is 40.1 Å². The van der Waals surface area contributed by atoms with Gasteiger partial charge in [-0.1, -0.05) is 53.2 Å². The van der Waals surface area contributed by atoms with Crippen molar-refractivity contribution < 1.29 is 44.9 Å². The number of aliphatic hydroxyl groups excluding tert-OH is 5. The zero-order chi connectivity index (χ0) is 33.1. The van der Waals surface area contributed by atoms with Crippen LogP contribution >= 0.6 is 0 Å². The third kappa shape index (κ3) is 4.39. The first-order chi connectivity index (χ1) is 20.8. The highest BCUT2D eigenvalue weighted by Gasteiger charge is 2.71. The van der Waals surface area contributed by atoms with E-state index in [-0.39, 0.29) is 33.7 Å². The van der Waals surface area contributed by atoms with Crippen LogP contribution in [0.5, 0.6) is 0 Å². The molecule has 0 aromatic rings. The van der Waals surface area contributed by atoms with Crippen LogP contribution in [0.25, 0.3) is 0 Å². The highest BCUT2D eigenvalue weighted by Crippen LogP contribution is 2.76. The molecular formula is C36H58O9. The minimum Gasteiger partial charge on any atom is -0.432 e. The molecule has 256 valence electrons. The molecule has 45 heavy (non-hydrogen) atoms. The third-order valence-corrected chi connectivity index (χ3v) is 15.5. The lowest BCUT2D eigenvalue weighted by molar-refractivity contribution is -0.299. The summed E-state index contributed by atoms with van der Waals surface area (Å²) in [4.78, 5) is 14.4. The van der Waals surface area contributed by atoms with E-state index in [9.17, 15) is 35.4 Å². The van der Waals surface area contributed by atoms with Gasteiger partial charge in [0.05, 0.1) is 23.7 Å². The Kier molecular flexibility index (Phi) is 8.05. The predicted molar refractivity (Wildman–Crippen MR) is 166 cm³/mol. The van der Waals surface area contributed by atoms with Crippen molar-refractivity contribution >= 4 is 5.97 Å². The molecule has 9 heteroatoms. The number of esters is 1. The molecule has 0 bridgehead atoms. The lowest BCUT2D eigenvalue weighted by Gasteiger charge is -2.71. The molecule has 15 atom stereocenters. The molecule has 0 aromatic carbocycles. The normalized spacial score (nSPS) is 55.7. The third-order valence-electron chi connectivity index (χ3n) is 15.5. The van der Waals surface area contributed by atoms with Crippen LogP contribution in [0.15, 0.2) is 11.6 Å². The quantitative estimate of drug-likeness (QED) is 0.202. The van der Waals surface area contributed by atoms with Crippen LogP contribution < -0.4 is 0 Å². The Balaban J connectivity index is 1.39. The zero-order valence-electron chi connectivity index (χ0n) is 28.3. The number of allylic oxidation sites excluding steroid dienone is 1. The van der Waals surface area contributed by atoms with Gasteiger partial charge in [0.15, 0.2) is 0 Å². The number of carbonyl (C=O) groups excluding carboxylic acids is 1. The highest BCUT2D eigenvalue weighted by atomic mass is 16.7. The molecule has 0 aromatic heterocycles. The molecule has 9 nitrogen and oxygen atoms in total. The van der Waals surface area contributed by atoms with Crippen LogP contribution in [0, 0.1) is 50.7 Å². The molecule has 6 rings (SSSR count). The number of rotatable bonds is 3. The van der Waals surface area contributed by atoms with Gasteiger partial charge in [-0.2, -0.15) is 0 Å². The van der Waals surface area contributed by atoms with E-state index < -0.39 is 60.2 Å². The molecule has 1 saturated heterocycles. The first kappa shape index (κ1) is 33.8. The second kappa shape index (κ2) is 10.7. The Morgan fingerprint density at radius 1 is 0.889 bits per heavy atom. The summed E-state index contributed by atoms with van der Waals surface area (Å²) >= 11 is 0. The first-order valence-electron chi connectivity index (χ1n) is 17.5. The van der Waals surface area contributed by atoms with Gasteiger partial charge in [0.2, 0.25) is 6.29 Å². The Bertz CT molecular complexity index is 1210. The molecular weight excluding hydrogens is 576 g/mol. The molecule has 4 saturated carbocycles. The van der Waals surface area contributed by atoms with Gasteiger partial charge in [0.1, 0.15) is 24.4 Å². The van der Waals surface area contributed by atoms with Crippen LogP contribution in [0.4, 0.5) is 0 Å². The van der Waals surface area contributed by atoms with Gasteiger partial charge in [0.25, 0.3) is 0 Å². The topological polar surface area (TPSA) is 157 Å². The van der Waals surface area contributed by atoms with Gasteiger partial charge >= 0.3 is 5.97 Å². The number of hydrogen-bond donors (Lipinski definition) is 6. The molecule has 0 amide bonds. The van der Waals surface area contributed by atoms with E-state index >= 15 is 0 Å². The summed E-state index contributed by atoms with van der Waals surface area (Å²) in [5.74, 6) is -0.308. The molecule has 0 unspecified atom stereocenters. The van der Waals surface area contributed by atoms with Gasteiger partial charge in [0, 0.05) is 5.92 Å². The van der Waals surface area contributed by atoms with Crippen molar-refractivity contribution in [2.45, 2.75) is 149 Å². The Hall–Kier alpha value is -1.07. The van der Waals surface area contributed by atoms with Crippen LogP contribution in [0.3, 0.4) is 0 Å². The molecule has 0 radical (unpaired) electrons. The SMILES string of the molecule is C[C@@H]1CC[C@]2(C(=O)O[C@@H]3O[C@H](CO)[C@@H](O)[C@H](O)[C@H]3O)CC[C@]3(C)C(=CC[C@H]4[C@@]5(C)CC[C@H](O)C(C)(C)[C@H]5CC[C@]43C)[C@H]2[C@]1(C)O. The van der Waals surface area contributed by atoms with E-state index in [2.05, 4.69) is 40.7 Å². The summed E-state index contributed by atoms with van der Waals surface area (Å²) in [6.45, 7) is 15.1. The highest BCUT2D eigenvalue weighted by molar-refractivity contribution is 5.79. The fraction of sp³-hybridized carbons (Fsp3) is 0.917. The zero-order valence-corrected chi connectivity index (χ0v) is 28.3. The lowest BCUT2D eigenvalue weighted by atomic mass is 9.33. The number of fused-ring (bicyclic) bond motifs is 7. The molecule has 1 aliphatic heterocycles. The van der Waals surface area contributed by atoms with E-state index in [4.69, 9.17) is 9.47 Å². The van der Waals surface area contributed by atoms with Crippen molar-refractivity contribution in [3.8, 4) is 0 Å². The predicted octanol–water partition coefficient (Wildman–Crippen LogP) is 3.46. The van der Waals surface area contributed by atoms with Crippen molar-refractivity contribution in [3.63, 3.8) is 0 Å². The monoisotopic (exact) mass is 634 g/mol. The van der Waals surface area contributed by atoms with Crippen LogP contribution in [-0.2, 0) is 14.3 Å². The van der Waals surface area contributed by atoms with E-state index in [1.54, 1.807) is 0 Å². The summed E-state index contributed by atoms with van der Waals surface area (Å²) in [6.07, 6.45) is 1.59. The fourth-order valence-electron chi connectivity index (χ4n) is 12.2.